The van der Waals surface area contributed by atoms with E-state index in [2.05, 4.69) is 38.0 Å². The van der Waals surface area contributed by atoms with Gasteiger partial charge in [-0.15, -0.1) is 0 Å². The fourth-order valence-electron chi connectivity index (χ4n) is 3.35. The first-order chi connectivity index (χ1) is 10.9. The fourth-order valence-corrected chi connectivity index (χ4v) is 3.76. The van der Waals surface area contributed by atoms with Crippen molar-refractivity contribution in [3.8, 4) is 0 Å². The minimum atomic E-state index is -0.622. The number of hydrogen-bond acceptors (Lipinski definition) is 4. The number of imidazole rings is 1. The first-order valence-corrected chi connectivity index (χ1v) is 8.50. The normalized spacial score (nSPS) is 32.2. The maximum Gasteiger partial charge on any atom is 0.164 e. The second-order valence-electron chi connectivity index (χ2n) is 6.55. The Hall–Kier alpha value is -1.21. The number of ether oxygens (including phenoxy) is 3. The summed E-state index contributed by atoms with van der Waals surface area (Å²) in [6.07, 6.45) is 1.02. The zero-order valence-electron chi connectivity index (χ0n) is 13.2. The van der Waals surface area contributed by atoms with Gasteiger partial charge in [0.1, 0.15) is 30.2 Å². The van der Waals surface area contributed by atoms with Crippen LogP contribution in [0.2, 0.25) is 0 Å². The van der Waals surface area contributed by atoms with E-state index in [4.69, 9.17) is 14.2 Å². The quantitative estimate of drug-likeness (QED) is 0.862. The number of halogens is 1. The van der Waals surface area contributed by atoms with E-state index in [0.29, 0.717) is 0 Å². The van der Waals surface area contributed by atoms with Gasteiger partial charge in [0, 0.05) is 16.4 Å². The molecule has 2 fully saturated rings. The summed E-state index contributed by atoms with van der Waals surface area (Å²) in [5.74, 6) is 0.166. The Morgan fingerprint density at radius 2 is 1.91 bits per heavy atom. The predicted octanol–water partition coefficient (Wildman–Crippen LogP) is 3.81. The third-order valence-corrected chi connectivity index (χ3v) is 4.72. The lowest BCUT2D eigenvalue weighted by Gasteiger charge is -2.23. The van der Waals surface area contributed by atoms with Crippen LogP contribution in [0.1, 0.15) is 43.1 Å². The molecule has 0 radical (unpaired) electrons. The average molecular weight is 379 g/mol. The topological polar surface area (TPSA) is 56.4 Å². The summed E-state index contributed by atoms with van der Waals surface area (Å²) < 4.78 is 19.6. The Balaban J connectivity index is 1.71. The van der Waals surface area contributed by atoms with Gasteiger partial charge in [0.15, 0.2) is 5.79 Å². The van der Waals surface area contributed by atoms with E-state index >= 15 is 0 Å². The van der Waals surface area contributed by atoms with Crippen LogP contribution in [0.5, 0.6) is 0 Å². The van der Waals surface area contributed by atoms with Crippen LogP contribution in [0, 0.1) is 6.92 Å². The van der Waals surface area contributed by atoms with Crippen LogP contribution in [0.15, 0.2) is 34.9 Å². The number of nitrogens with zero attached hydrogens (tertiary/aromatic N) is 1. The molecule has 0 bridgehead atoms. The molecule has 1 aromatic carbocycles. The number of benzene rings is 1. The maximum atomic E-state index is 6.30. The van der Waals surface area contributed by atoms with Crippen LogP contribution in [-0.2, 0) is 14.2 Å². The molecule has 122 valence electrons. The molecule has 2 aliphatic rings. The second kappa shape index (κ2) is 5.41. The van der Waals surface area contributed by atoms with Crippen molar-refractivity contribution in [2.24, 2.45) is 0 Å². The molecule has 4 rings (SSSR count). The number of fused-ring (bicyclic) bond motifs is 1. The summed E-state index contributed by atoms with van der Waals surface area (Å²) in [6, 6.07) is 8.12. The molecule has 3 heterocycles. The molecule has 2 saturated heterocycles. The van der Waals surface area contributed by atoms with Gasteiger partial charge in [0.2, 0.25) is 0 Å². The molecule has 0 saturated carbocycles. The van der Waals surface area contributed by atoms with Gasteiger partial charge in [-0.3, -0.25) is 0 Å². The summed E-state index contributed by atoms with van der Waals surface area (Å²) in [4.78, 5) is 7.69. The van der Waals surface area contributed by atoms with Gasteiger partial charge in [-0.1, -0.05) is 28.1 Å². The van der Waals surface area contributed by atoms with E-state index in [1.807, 2.05) is 32.9 Å². The summed E-state index contributed by atoms with van der Waals surface area (Å²) in [5.41, 5.74) is 2.07. The van der Waals surface area contributed by atoms with E-state index in [1.165, 1.54) is 0 Å². The van der Waals surface area contributed by atoms with Crippen molar-refractivity contribution in [3.63, 3.8) is 0 Å². The molecule has 0 aliphatic carbocycles. The average Bonchev–Trinajstić information content (AvgIpc) is 3.11. The molecular formula is C17H19BrN2O3. The van der Waals surface area contributed by atoms with Crippen LogP contribution in [0.4, 0.5) is 0 Å². The molecular weight excluding hydrogens is 360 g/mol. The van der Waals surface area contributed by atoms with Gasteiger partial charge in [0.05, 0.1) is 0 Å². The van der Waals surface area contributed by atoms with Crippen molar-refractivity contribution in [2.45, 2.75) is 51.0 Å². The highest BCUT2D eigenvalue weighted by molar-refractivity contribution is 9.10. The van der Waals surface area contributed by atoms with Crippen LogP contribution in [0.3, 0.4) is 0 Å². The first kappa shape index (κ1) is 15.3. The summed E-state index contributed by atoms with van der Waals surface area (Å²) in [7, 11) is 0. The van der Waals surface area contributed by atoms with Gasteiger partial charge < -0.3 is 19.2 Å². The number of aromatic amines is 1. The molecule has 0 amide bonds. The predicted molar refractivity (Wildman–Crippen MR) is 87.9 cm³/mol. The van der Waals surface area contributed by atoms with Crippen LogP contribution < -0.4 is 0 Å². The SMILES string of the molecule is Cc1cnc([C@H]2O[C@@H](c3cccc(Br)c3)[C@@H]3OC(C)(C)O[C@H]32)[nH]1. The Bertz CT molecular complexity index is 730. The smallest absolute Gasteiger partial charge is 0.164 e. The van der Waals surface area contributed by atoms with Crippen LogP contribution in [0.25, 0.3) is 0 Å². The van der Waals surface area contributed by atoms with Gasteiger partial charge in [-0.25, -0.2) is 4.98 Å². The molecule has 1 aromatic heterocycles. The molecule has 4 atom stereocenters. The van der Waals surface area contributed by atoms with Crippen LogP contribution in [-0.4, -0.2) is 28.0 Å². The Labute approximate surface area is 143 Å². The lowest BCUT2D eigenvalue weighted by atomic mass is 10.0. The van der Waals surface area contributed by atoms with Crippen molar-refractivity contribution in [1.29, 1.82) is 0 Å². The standard InChI is InChI=1S/C17H19BrN2O3/c1-9-8-19-16(20-9)15-14-13(22-17(2,3)23-14)12(21-15)10-5-4-6-11(18)7-10/h4-8,12-15H,1-3H3,(H,19,20)/t12-,13-,14+,15-/m0/s1. The first-order valence-electron chi connectivity index (χ1n) is 7.71. The third kappa shape index (κ3) is 2.74. The van der Waals surface area contributed by atoms with Crippen molar-refractivity contribution >= 4 is 15.9 Å². The van der Waals surface area contributed by atoms with E-state index in [0.717, 1.165) is 21.6 Å². The number of hydrogen-bond donors (Lipinski definition) is 1. The van der Waals surface area contributed by atoms with E-state index in [1.54, 1.807) is 6.20 Å². The molecule has 2 aromatic rings. The van der Waals surface area contributed by atoms with Gasteiger partial charge in [-0.05, 0) is 38.5 Å². The van der Waals surface area contributed by atoms with Crippen LogP contribution >= 0.6 is 15.9 Å². The molecule has 6 heteroatoms. The zero-order chi connectivity index (χ0) is 16.2. The number of nitrogens with one attached hydrogen (secondary N) is 1. The number of rotatable bonds is 2. The van der Waals surface area contributed by atoms with E-state index < -0.39 is 5.79 Å². The second-order valence-corrected chi connectivity index (χ2v) is 7.46. The lowest BCUT2D eigenvalue weighted by molar-refractivity contribution is -0.189. The zero-order valence-corrected chi connectivity index (χ0v) is 14.8. The highest BCUT2D eigenvalue weighted by Gasteiger charge is 2.56. The lowest BCUT2D eigenvalue weighted by Crippen LogP contribution is -2.25. The minimum absolute atomic E-state index is 0.158. The maximum absolute atomic E-state index is 6.30. The Kier molecular flexibility index (Phi) is 3.61. The Morgan fingerprint density at radius 1 is 1.17 bits per heavy atom. The van der Waals surface area contributed by atoms with Crippen molar-refractivity contribution in [1.82, 2.24) is 9.97 Å². The van der Waals surface area contributed by atoms with Gasteiger partial charge in [0.25, 0.3) is 0 Å². The van der Waals surface area contributed by atoms with E-state index in [-0.39, 0.29) is 24.4 Å². The fraction of sp³-hybridized carbons (Fsp3) is 0.471. The minimum Gasteiger partial charge on any atom is -0.357 e. The van der Waals surface area contributed by atoms with Gasteiger partial charge >= 0.3 is 0 Å². The number of aromatic nitrogens is 2. The number of H-pyrrole nitrogens is 1. The van der Waals surface area contributed by atoms with E-state index in [9.17, 15) is 0 Å². The number of aryl methyl sites for hydroxylation is 1. The third-order valence-electron chi connectivity index (χ3n) is 4.22. The summed E-state index contributed by atoms with van der Waals surface area (Å²) in [6.45, 7) is 5.85. The molecule has 0 spiro atoms. The molecule has 23 heavy (non-hydrogen) atoms. The molecule has 1 N–H and O–H groups in total. The molecule has 0 unspecified atom stereocenters. The highest BCUT2D eigenvalue weighted by atomic mass is 79.9. The largest absolute Gasteiger partial charge is 0.357 e. The molecule has 5 nitrogen and oxygen atoms in total. The summed E-state index contributed by atoms with van der Waals surface area (Å²) >= 11 is 3.52. The highest BCUT2D eigenvalue weighted by Crippen LogP contribution is 2.50. The van der Waals surface area contributed by atoms with Gasteiger partial charge in [-0.2, -0.15) is 0 Å². The Morgan fingerprint density at radius 3 is 2.57 bits per heavy atom. The molecule has 2 aliphatic heterocycles. The summed E-state index contributed by atoms with van der Waals surface area (Å²) in [5, 5.41) is 0. The van der Waals surface area contributed by atoms with Crippen molar-refractivity contribution in [2.75, 3.05) is 0 Å². The van der Waals surface area contributed by atoms with Crippen molar-refractivity contribution < 1.29 is 14.2 Å². The van der Waals surface area contributed by atoms with Crippen molar-refractivity contribution in [3.05, 3.63) is 52.0 Å². The monoisotopic (exact) mass is 378 g/mol.